The first-order chi connectivity index (χ1) is 6.52. The van der Waals surface area contributed by atoms with Gasteiger partial charge in [-0.15, -0.1) is 0 Å². The molecule has 0 spiro atoms. The van der Waals surface area contributed by atoms with Gasteiger partial charge in [-0.25, -0.2) is 0 Å². The summed E-state index contributed by atoms with van der Waals surface area (Å²) in [6.07, 6.45) is 2.28. The van der Waals surface area contributed by atoms with Crippen molar-refractivity contribution in [2.45, 2.75) is 32.5 Å². The first-order valence-corrected chi connectivity index (χ1v) is 8.17. The van der Waals surface area contributed by atoms with Gasteiger partial charge in [0.2, 0.25) is 5.91 Å². The van der Waals surface area contributed by atoms with Crippen LogP contribution in [0.3, 0.4) is 0 Å². The molecule has 0 aliphatic heterocycles. The Balaban J connectivity index is 3.53. The quantitative estimate of drug-likeness (QED) is 0.400. The molecule has 1 amide bonds. The van der Waals surface area contributed by atoms with Crippen LogP contribution in [0.25, 0.3) is 0 Å². The Morgan fingerprint density at radius 2 is 2.21 bits per heavy atom. The lowest BCUT2D eigenvalue weighted by molar-refractivity contribution is -0.116. The van der Waals surface area contributed by atoms with Crippen LogP contribution < -0.4 is 5.32 Å². The van der Waals surface area contributed by atoms with Crippen LogP contribution in [-0.4, -0.2) is 27.4 Å². The maximum atomic E-state index is 10.8. The third-order valence-electron chi connectivity index (χ3n) is 1.98. The van der Waals surface area contributed by atoms with Gasteiger partial charge in [-0.05, 0) is 38.6 Å². The van der Waals surface area contributed by atoms with E-state index in [2.05, 4.69) is 25.0 Å². The highest BCUT2D eigenvalue weighted by atomic mass is 28.4. The smallest absolute Gasteiger partial charge is 0.243 e. The van der Waals surface area contributed by atoms with Crippen molar-refractivity contribution in [3.8, 4) is 0 Å². The van der Waals surface area contributed by atoms with Gasteiger partial charge < -0.3 is 9.74 Å². The summed E-state index contributed by atoms with van der Waals surface area (Å²) >= 11 is 0. The van der Waals surface area contributed by atoms with Crippen LogP contribution in [0.2, 0.25) is 19.1 Å². The lowest BCUT2D eigenvalue weighted by Gasteiger charge is -2.21. The van der Waals surface area contributed by atoms with Crippen LogP contribution in [0, 0.1) is 0 Å². The zero-order valence-corrected chi connectivity index (χ0v) is 10.4. The van der Waals surface area contributed by atoms with Crippen LogP contribution in [-0.2, 0) is 9.22 Å². The Morgan fingerprint density at radius 1 is 1.57 bits per heavy atom. The molecule has 1 N–H and O–H groups in total. The van der Waals surface area contributed by atoms with Crippen LogP contribution in [0.1, 0.15) is 13.3 Å². The summed E-state index contributed by atoms with van der Waals surface area (Å²) in [4.78, 5) is 10.8. The molecule has 0 saturated heterocycles. The fraction of sp³-hybridized carbons (Fsp3) is 0.700. The van der Waals surface area contributed by atoms with Gasteiger partial charge in [0.25, 0.3) is 0 Å². The fourth-order valence-electron chi connectivity index (χ4n) is 1.26. The SMILES string of the molecule is C=CC(=O)NCCC[Si](C)(C)OCC. The summed E-state index contributed by atoms with van der Waals surface area (Å²) in [6, 6.07) is 1.08. The average molecular weight is 215 g/mol. The van der Waals surface area contributed by atoms with Crippen LogP contribution >= 0.6 is 0 Å². The number of rotatable bonds is 7. The monoisotopic (exact) mass is 215 g/mol. The molecule has 0 atom stereocenters. The van der Waals surface area contributed by atoms with Gasteiger partial charge in [-0.1, -0.05) is 6.58 Å². The van der Waals surface area contributed by atoms with Crippen molar-refractivity contribution in [1.82, 2.24) is 5.32 Å². The summed E-state index contributed by atoms with van der Waals surface area (Å²) < 4.78 is 5.67. The maximum Gasteiger partial charge on any atom is 0.243 e. The van der Waals surface area contributed by atoms with Crippen LogP contribution in [0.5, 0.6) is 0 Å². The van der Waals surface area contributed by atoms with Gasteiger partial charge in [0, 0.05) is 13.2 Å². The van der Waals surface area contributed by atoms with Gasteiger partial charge in [-0.3, -0.25) is 4.79 Å². The topological polar surface area (TPSA) is 38.3 Å². The number of hydrogen-bond donors (Lipinski definition) is 1. The first kappa shape index (κ1) is 13.4. The molecule has 0 radical (unpaired) electrons. The van der Waals surface area contributed by atoms with Crippen molar-refractivity contribution < 1.29 is 9.22 Å². The fourth-order valence-corrected chi connectivity index (χ4v) is 3.21. The van der Waals surface area contributed by atoms with Gasteiger partial charge >= 0.3 is 0 Å². The molecule has 0 saturated carbocycles. The van der Waals surface area contributed by atoms with Crippen molar-refractivity contribution in [2.75, 3.05) is 13.2 Å². The van der Waals surface area contributed by atoms with E-state index < -0.39 is 8.32 Å². The van der Waals surface area contributed by atoms with E-state index in [1.54, 1.807) is 0 Å². The Labute approximate surface area is 87.7 Å². The summed E-state index contributed by atoms with van der Waals surface area (Å²) in [5, 5.41) is 2.76. The highest BCUT2D eigenvalue weighted by Gasteiger charge is 2.20. The molecule has 0 unspecified atom stereocenters. The summed E-state index contributed by atoms with van der Waals surface area (Å²) in [5.41, 5.74) is 0. The predicted molar refractivity (Wildman–Crippen MR) is 61.7 cm³/mol. The minimum Gasteiger partial charge on any atom is -0.418 e. The standard InChI is InChI=1S/C10H21NO2Si/c1-5-10(12)11-8-7-9-14(3,4)13-6-2/h5H,1,6-9H2,2-4H3,(H,11,12). The molecule has 82 valence electrons. The van der Waals surface area contributed by atoms with E-state index in [1.807, 2.05) is 6.92 Å². The molecule has 0 aromatic carbocycles. The number of carbonyl (C=O) groups excluding carboxylic acids is 1. The summed E-state index contributed by atoms with van der Waals surface area (Å²) in [6.45, 7) is 11.3. The second kappa shape index (κ2) is 6.78. The number of amides is 1. The molecular weight excluding hydrogens is 194 g/mol. The lowest BCUT2D eigenvalue weighted by Crippen LogP contribution is -2.32. The molecule has 0 aromatic heterocycles. The Kier molecular flexibility index (Phi) is 6.49. The van der Waals surface area contributed by atoms with E-state index in [1.165, 1.54) is 6.08 Å². The molecule has 14 heavy (non-hydrogen) atoms. The molecule has 3 nitrogen and oxygen atoms in total. The molecule has 0 aliphatic rings. The lowest BCUT2D eigenvalue weighted by atomic mass is 10.4. The molecule has 0 fully saturated rings. The number of hydrogen-bond acceptors (Lipinski definition) is 2. The van der Waals surface area contributed by atoms with Crippen molar-refractivity contribution >= 4 is 14.2 Å². The van der Waals surface area contributed by atoms with Gasteiger partial charge in [0.05, 0.1) is 0 Å². The van der Waals surface area contributed by atoms with E-state index in [4.69, 9.17) is 4.43 Å². The second-order valence-corrected chi connectivity index (χ2v) is 8.10. The van der Waals surface area contributed by atoms with Gasteiger partial charge in [0.1, 0.15) is 0 Å². The molecule has 0 heterocycles. The van der Waals surface area contributed by atoms with Crippen LogP contribution in [0.4, 0.5) is 0 Å². The molecule has 0 bridgehead atoms. The molecule has 0 aliphatic carbocycles. The predicted octanol–water partition coefficient (Wildman–Crippen LogP) is 1.92. The van der Waals surface area contributed by atoms with E-state index >= 15 is 0 Å². The van der Waals surface area contributed by atoms with Crippen molar-refractivity contribution in [2.24, 2.45) is 0 Å². The highest BCUT2D eigenvalue weighted by Crippen LogP contribution is 2.12. The summed E-state index contributed by atoms with van der Waals surface area (Å²) in [5.74, 6) is -0.0964. The maximum absolute atomic E-state index is 10.8. The van der Waals surface area contributed by atoms with E-state index in [0.29, 0.717) is 6.54 Å². The molecule has 0 aromatic rings. The van der Waals surface area contributed by atoms with E-state index in [9.17, 15) is 4.79 Å². The Morgan fingerprint density at radius 3 is 2.71 bits per heavy atom. The van der Waals surface area contributed by atoms with Crippen LogP contribution in [0.15, 0.2) is 12.7 Å². The Hall–Kier alpha value is -0.613. The van der Waals surface area contributed by atoms with Gasteiger partial charge in [0.15, 0.2) is 8.32 Å². The first-order valence-electron chi connectivity index (χ1n) is 5.06. The largest absolute Gasteiger partial charge is 0.418 e. The van der Waals surface area contributed by atoms with Crippen molar-refractivity contribution in [3.05, 3.63) is 12.7 Å². The van der Waals surface area contributed by atoms with E-state index in [-0.39, 0.29) is 5.91 Å². The number of nitrogens with one attached hydrogen (secondary N) is 1. The Bertz CT molecular complexity index is 193. The van der Waals surface area contributed by atoms with Gasteiger partial charge in [-0.2, -0.15) is 0 Å². The highest BCUT2D eigenvalue weighted by molar-refractivity contribution is 6.71. The third-order valence-corrected chi connectivity index (χ3v) is 4.60. The van der Waals surface area contributed by atoms with Crippen molar-refractivity contribution in [3.63, 3.8) is 0 Å². The minimum atomic E-state index is -1.46. The minimum absolute atomic E-state index is 0.0964. The molecular formula is C10H21NO2Si. The molecule has 0 rings (SSSR count). The summed E-state index contributed by atoms with van der Waals surface area (Å²) in [7, 11) is -1.46. The van der Waals surface area contributed by atoms with E-state index in [0.717, 1.165) is 19.1 Å². The average Bonchev–Trinajstić information content (AvgIpc) is 2.12. The van der Waals surface area contributed by atoms with Crippen molar-refractivity contribution in [1.29, 1.82) is 0 Å². The number of carbonyl (C=O) groups is 1. The third kappa shape index (κ3) is 6.86. The molecule has 4 heteroatoms. The second-order valence-electron chi connectivity index (χ2n) is 3.79. The normalized spacial score (nSPS) is 11.1. The zero-order chi connectivity index (χ0) is 11.0. The zero-order valence-electron chi connectivity index (χ0n) is 9.43.